The predicted molar refractivity (Wildman–Crippen MR) is 69.9 cm³/mol. The van der Waals surface area contributed by atoms with Crippen molar-refractivity contribution in [1.82, 2.24) is 0 Å². The van der Waals surface area contributed by atoms with E-state index in [1.54, 1.807) is 0 Å². The van der Waals surface area contributed by atoms with Crippen molar-refractivity contribution >= 4 is 0 Å². The van der Waals surface area contributed by atoms with E-state index in [1.165, 1.54) is 6.42 Å². The Balaban J connectivity index is 2.01. The lowest BCUT2D eigenvalue weighted by Gasteiger charge is -2.37. The number of fused-ring (bicyclic) bond motifs is 2. The van der Waals surface area contributed by atoms with Crippen molar-refractivity contribution in [3.8, 4) is 0 Å². The minimum absolute atomic E-state index is 0.281. The molecule has 2 aliphatic carbocycles. The highest BCUT2D eigenvalue weighted by Crippen LogP contribution is 2.62. The van der Waals surface area contributed by atoms with Gasteiger partial charge in [0.2, 0.25) is 0 Å². The molecule has 0 aromatic heterocycles. The average molecular weight is 236 g/mol. The van der Waals surface area contributed by atoms with Crippen LogP contribution in [0.25, 0.3) is 0 Å². The first kappa shape index (κ1) is 12.8. The van der Waals surface area contributed by atoms with E-state index >= 15 is 0 Å². The maximum absolute atomic E-state index is 5.91. The van der Waals surface area contributed by atoms with E-state index in [9.17, 15) is 0 Å². The minimum atomic E-state index is 0.281. The van der Waals surface area contributed by atoms with Crippen LogP contribution in [-0.2, 0) is 9.47 Å². The van der Waals surface area contributed by atoms with E-state index in [2.05, 4.69) is 27.0 Å². The minimum Gasteiger partial charge on any atom is -0.374 e. The highest BCUT2D eigenvalue weighted by molar-refractivity contribution is 5.11. The van der Waals surface area contributed by atoms with Crippen molar-refractivity contribution in [1.29, 1.82) is 0 Å². The summed E-state index contributed by atoms with van der Waals surface area (Å²) >= 11 is 0. The predicted octanol–water partition coefficient (Wildman–Crippen LogP) is 3.34. The Hall–Kier alpha value is -0.600. The van der Waals surface area contributed by atoms with Crippen molar-refractivity contribution in [3.05, 3.63) is 25.3 Å². The van der Waals surface area contributed by atoms with Crippen molar-refractivity contribution in [2.75, 3.05) is 13.2 Å². The highest BCUT2D eigenvalue weighted by atomic mass is 16.5. The van der Waals surface area contributed by atoms with Crippen molar-refractivity contribution in [3.63, 3.8) is 0 Å². The topological polar surface area (TPSA) is 18.5 Å². The van der Waals surface area contributed by atoms with Gasteiger partial charge in [-0.1, -0.05) is 26.0 Å². The van der Waals surface area contributed by atoms with Crippen LogP contribution in [0.15, 0.2) is 25.3 Å². The zero-order chi connectivity index (χ0) is 12.5. The van der Waals surface area contributed by atoms with Gasteiger partial charge in [0, 0.05) is 0 Å². The van der Waals surface area contributed by atoms with Crippen LogP contribution < -0.4 is 0 Å². The third-order valence-corrected chi connectivity index (χ3v) is 4.50. The van der Waals surface area contributed by atoms with Crippen LogP contribution in [0.2, 0.25) is 0 Å². The van der Waals surface area contributed by atoms with E-state index in [0.29, 0.717) is 25.4 Å². The largest absolute Gasteiger partial charge is 0.374 e. The third-order valence-electron chi connectivity index (χ3n) is 4.50. The summed E-state index contributed by atoms with van der Waals surface area (Å²) in [7, 11) is 0. The molecule has 2 heteroatoms. The first-order valence-corrected chi connectivity index (χ1v) is 6.49. The van der Waals surface area contributed by atoms with E-state index in [0.717, 1.165) is 12.8 Å². The molecule has 4 unspecified atom stereocenters. The van der Waals surface area contributed by atoms with Gasteiger partial charge in [0.25, 0.3) is 0 Å². The van der Waals surface area contributed by atoms with Gasteiger partial charge in [0.05, 0.1) is 25.4 Å². The summed E-state index contributed by atoms with van der Waals surface area (Å²) in [6.07, 6.45) is 7.84. The maximum atomic E-state index is 5.91. The fourth-order valence-electron chi connectivity index (χ4n) is 3.79. The molecule has 0 saturated heterocycles. The molecule has 2 saturated carbocycles. The van der Waals surface area contributed by atoms with Crippen LogP contribution in [0.1, 0.15) is 33.1 Å². The molecular formula is C15H24O2. The standard InChI is InChI=1S/C15H24O2/c1-5-7-16-12-9-15(4)11-14(12,3)10-13(15)17-8-6-2/h5-6,12-13H,1-2,7-11H2,3-4H3. The van der Waals surface area contributed by atoms with Crippen LogP contribution >= 0.6 is 0 Å². The summed E-state index contributed by atoms with van der Waals surface area (Å²) < 4.78 is 11.8. The third kappa shape index (κ3) is 2.21. The Labute approximate surface area is 105 Å². The van der Waals surface area contributed by atoms with Gasteiger partial charge in [-0.15, -0.1) is 13.2 Å². The second-order valence-corrected chi connectivity index (χ2v) is 6.11. The first-order chi connectivity index (χ1) is 8.04. The Kier molecular flexibility index (Phi) is 3.46. The van der Waals surface area contributed by atoms with Gasteiger partial charge in [-0.25, -0.2) is 0 Å². The average Bonchev–Trinajstić information content (AvgIpc) is 2.68. The molecule has 2 rings (SSSR count). The molecule has 0 aromatic rings. The Morgan fingerprint density at radius 2 is 1.41 bits per heavy atom. The van der Waals surface area contributed by atoms with Gasteiger partial charge in [0.15, 0.2) is 0 Å². The molecule has 96 valence electrons. The molecule has 0 N–H and O–H groups in total. The second-order valence-electron chi connectivity index (χ2n) is 6.11. The van der Waals surface area contributed by atoms with Crippen molar-refractivity contribution < 1.29 is 9.47 Å². The highest BCUT2D eigenvalue weighted by Gasteiger charge is 2.61. The van der Waals surface area contributed by atoms with Crippen molar-refractivity contribution in [2.45, 2.75) is 45.3 Å². The van der Waals surface area contributed by atoms with Crippen LogP contribution in [0.3, 0.4) is 0 Å². The van der Waals surface area contributed by atoms with Crippen LogP contribution in [0.4, 0.5) is 0 Å². The molecular weight excluding hydrogens is 212 g/mol. The van der Waals surface area contributed by atoms with E-state index in [1.807, 2.05) is 12.2 Å². The molecule has 17 heavy (non-hydrogen) atoms. The van der Waals surface area contributed by atoms with Gasteiger partial charge in [0.1, 0.15) is 0 Å². The van der Waals surface area contributed by atoms with Gasteiger partial charge >= 0.3 is 0 Å². The number of rotatable bonds is 6. The number of hydrogen-bond donors (Lipinski definition) is 0. The molecule has 0 heterocycles. The Bertz CT molecular complexity index is 282. The van der Waals surface area contributed by atoms with Gasteiger partial charge in [-0.2, -0.15) is 0 Å². The Morgan fingerprint density at radius 3 is 1.71 bits per heavy atom. The van der Waals surface area contributed by atoms with Crippen LogP contribution in [-0.4, -0.2) is 25.4 Å². The summed E-state index contributed by atoms with van der Waals surface area (Å²) in [5.41, 5.74) is 0.563. The molecule has 2 aliphatic rings. The van der Waals surface area contributed by atoms with E-state index in [4.69, 9.17) is 9.47 Å². The quantitative estimate of drug-likeness (QED) is 0.658. The summed E-state index contributed by atoms with van der Waals surface area (Å²) in [6.45, 7) is 13.4. The number of hydrogen-bond acceptors (Lipinski definition) is 2. The Morgan fingerprint density at radius 1 is 1.00 bits per heavy atom. The molecule has 2 bridgehead atoms. The van der Waals surface area contributed by atoms with Gasteiger partial charge < -0.3 is 9.47 Å². The zero-order valence-corrected chi connectivity index (χ0v) is 11.1. The molecule has 0 aromatic carbocycles. The monoisotopic (exact) mass is 236 g/mol. The fourth-order valence-corrected chi connectivity index (χ4v) is 3.79. The second kappa shape index (κ2) is 4.58. The molecule has 4 atom stereocenters. The number of ether oxygens (including phenoxy) is 2. The van der Waals surface area contributed by atoms with Crippen LogP contribution in [0, 0.1) is 10.8 Å². The molecule has 0 radical (unpaired) electrons. The lowest BCUT2D eigenvalue weighted by molar-refractivity contribution is -0.0738. The summed E-state index contributed by atoms with van der Waals surface area (Å²) in [5, 5.41) is 0. The zero-order valence-electron chi connectivity index (χ0n) is 11.1. The van der Waals surface area contributed by atoms with Gasteiger partial charge in [-0.05, 0) is 30.1 Å². The van der Waals surface area contributed by atoms with E-state index < -0.39 is 0 Å². The van der Waals surface area contributed by atoms with E-state index in [-0.39, 0.29) is 10.8 Å². The lowest BCUT2D eigenvalue weighted by Crippen LogP contribution is -2.39. The normalized spacial score (nSPS) is 43.9. The molecule has 2 fully saturated rings. The smallest absolute Gasteiger partial charge is 0.0648 e. The van der Waals surface area contributed by atoms with Crippen LogP contribution in [0.5, 0.6) is 0 Å². The summed E-state index contributed by atoms with van der Waals surface area (Å²) in [4.78, 5) is 0. The SMILES string of the molecule is C=CCOC1CC2(C)CC1(C)CC2OCC=C. The lowest BCUT2D eigenvalue weighted by atomic mass is 9.79. The summed E-state index contributed by atoms with van der Waals surface area (Å²) in [5.74, 6) is 0. The first-order valence-electron chi connectivity index (χ1n) is 6.49. The summed E-state index contributed by atoms with van der Waals surface area (Å²) in [6, 6.07) is 0. The fraction of sp³-hybridized carbons (Fsp3) is 0.733. The van der Waals surface area contributed by atoms with Crippen molar-refractivity contribution in [2.24, 2.45) is 10.8 Å². The van der Waals surface area contributed by atoms with Gasteiger partial charge in [-0.3, -0.25) is 0 Å². The molecule has 0 aliphatic heterocycles. The molecule has 0 spiro atoms. The molecule has 0 amide bonds. The maximum Gasteiger partial charge on any atom is 0.0648 e. The molecule has 2 nitrogen and oxygen atoms in total.